The van der Waals surface area contributed by atoms with Gasteiger partial charge in [0.2, 0.25) is 6.41 Å². The molecule has 0 aliphatic carbocycles. The monoisotopic (exact) mass is 237 g/mol. The molecule has 0 saturated heterocycles. The third-order valence-electron chi connectivity index (χ3n) is 2.64. The molecule has 2 heteroatoms. The van der Waals surface area contributed by atoms with Gasteiger partial charge in [0.25, 0.3) is 0 Å². The maximum absolute atomic E-state index is 10.2. The van der Waals surface area contributed by atoms with Crippen molar-refractivity contribution in [1.82, 2.24) is 5.32 Å². The van der Waals surface area contributed by atoms with E-state index in [9.17, 15) is 4.79 Å². The Morgan fingerprint density at radius 2 is 1.44 bits per heavy atom. The van der Waals surface area contributed by atoms with Crippen LogP contribution in [-0.2, 0) is 11.3 Å². The standard InChI is InChI=1S/C16H15NO/c18-13-17-12-16-10-8-15(9-11-16)7-6-14-4-2-1-3-5-14/h1-11,13H,12H2,(H,17,18)/b7-6+. The molecule has 0 bridgehead atoms. The van der Waals surface area contributed by atoms with Crippen molar-refractivity contribution in [3.05, 3.63) is 71.3 Å². The van der Waals surface area contributed by atoms with Crippen LogP contribution in [0.3, 0.4) is 0 Å². The number of nitrogens with one attached hydrogen (secondary N) is 1. The number of benzene rings is 2. The highest BCUT2D eigenvalue weighted by Crippen LogP contribution is 2.09. The zero-order valence-electron chi connectivity index (χ0n) is 10.0. The predicted molar refractivity (Wildman–Crippen MR) is 74.7 cm³/mol. The summed E-state index contributed by atoms with van der Waals surface area (Å²) in [7, 11) is 0. The van der Waals surface area contributed by atoms with Gasteiger partial charge in [0.1, 0.15) is 0 Å². The van der Waals surface area contributed by atoms with Gasteiger partial charge in [-0.05, 0) is 16.7 Å². The van der Waals surface area contributed by atoms with E-state index in [0.717, 1.165) is 11.1 Å². The zero-order chi connectivity index (χ0) is 12.6. The summed E-state index contributed by atoms with van der Waals surface area (Å²) >= 11 is 0. The highest BCUT2D eigenvalue weighted by molar-refractivity contribution is 5.69. The molecule has 2 aromatic carbocycles. The lowest BCUT2D eigenvalue weighted by molar-refractivity contribution is -0.109. The van der Waals surface area contributed by atoms with Gasteiger partial charge in [0, 0.05) is 6.54 Å². The van der Waals surface area contributed by atoms with Crippen LogP contribution >= 0.6 is 0 Å². The minimum atomic E-state index is 0.576. The fourth-order valence-corrected chi connectivity index (χ4v) is 1.66. The van der Waals surface area contributed by atoms with Gasteiger partial charge in [-0.25, -0.2) is 0 Å². The maximum Gasteiger partial charge on any atom is 0.207 e. The Labute approximate surface area is 107 Å². The smallest absolute Gasteiger partial charge is 0.207 e. The van der Waals surface area contributed by atoms with Crippen LogP contribution in [0.1, 0.15) is 16.7 Å². The summed E-state index contributed by atoms with van der Waals surface area (Å²) in [5.41, 5.74) is 3.43. The Hall–Kier alpha value is -2.35. The van der Waals surface area contributed by atoms with Crippen molar-refractivity contribution < 1.29 is 4.79 Å². The molecule has 2 nitrogen and oxygen atoms in total. The van der Waals surface area contributed by atoms with Crippen molar-refractivity contribution in [2.24, 2.45) is 0 Å². The van der Waals surface area contributed by atoms with Crippen molar-refractivity contribution in [1.29, 1.82) is 0 Å². The second-order valence-corrected chi connectivity index (χ2v) is 3.98. The van der Waals surface area contributed by atoms with Gasteiger partial charge in [0.15, 0.2) is 0 Å². The lowest BCUT2D eigenvalue weighted by Gasteiger charge is -2.00. The summed E-state index contributed by atoms with van der Waals surface area (Å²) in [6.45, 7) is 0.576. The first-order chi connectivity index (χ1) is 8.88. The molecule has 90 valence electrons. The Kier molecular flexibility index (Phi) is 4.31. The fraction of sp³-hybridized carbons (Fsp3) is 0.0625. The largest absolute Gasteiger partial charge is 0.355 e. The Balaban J connectivity index is 2.02. The van der Waals surface area contributed by atoms with Crippen molar-refractivity contribution >= 4 is 18.6 Å². The highest BCUT2D eigenvalue weighted by Gasteiger charge is 1.91. The minimum absolute atomic E-state index is 0.576. The number of carbonyl (C=O) groups excluding carboxylic acids is 1. The number of amides is 1. The SMILES string of the molecule is O=CNCc1ccc(/C=C/c2ccccc2)cc1. The lowest BCUT2D eigenvalue weighted by atomic mass is 10.1. The number of hydrogen-bond donors (Lipinski definition) is 1. The van der Waals surface area contributed by atoms with Gasteiger partial charge in [0.05, 0.1) is 0 Å². The van der Waals surface area contributed by atoms with E-state index in [1.54, 1.807) is 0 Å². The molecular formula is C16H15NO. The Morgan fingerprint density at radius 3 is 2.06 bits per heavy atom. The van der Waals surface area contributed by atoms with Crippen LogP contribution in [0.4, 0.5) is 0 Å². The highest BCUT2D eigenvalue weighted by atomic mass is 16.1. The van der Waals surface area contributed by atoms with E-state index >= 15 is 0 Å². The van der Waals surface area contributed by atoms with Crippen molar-refractivity contribution in [3.63, 3.8) is 0 Å². The van der Waals surface area contributed by atoms with Gasteiger partial charge in [-0.1, -0.05) is 66.7 Å². The van der Waals surface area contributed by atoms with Crippen LogP contribution in [0.15, 0.2) is 54.6 Å². The second kappa shape index (κ2) is 6.40. The first-order valence-electron chi connectivity index (χ1n) is 5.87. The van der Waals surface area contributed by atoms with Crippen molar-refractivity contribution in [2.75, 3.05) is 0 Å². The average Bonchev–Trinajstić information content (AvgIpc) is 2.45. The molecule has 0 aliphatic rings. The van der Waals surface area contributed by atoms with E-state index in [1.165, 1.54) is 5.56 Å². The molecule has 0 saturated carbocycles. The fourth-order valence-electron chi connectivity index (χ4n) is 1.66. The number of carbonyl (C=O) groups is 1. The maximum atomic E-state index is 10.2. The van der Waals surface area contributed by atoms with Crippen molar-refractivity contribution in [3.8, 4) is 0 Å². The summed E-state index contributed by atoms with van der Waals surface area (Å²) in [6, 6.07) is 18.3. The average molecular weight is 237 g/mol. The summed E-state index contributed by atoms with van der Waals surface area (Å²) in [5.74, 6) is 0. The first kappa shape index (κ1) is 12.1. The molecule has 2 aromatic rings. The minimum Gasteiger partial charge on any atom is -0.355 e. The van der Waals surface area contributed by atoms with Gasteiger partial charge in [-0.15, -0.1) is 0 Å². The van der Waals surface area contributed by atoms with Gasteiger partial charge in [-0.2, -0.15) is 0 Å². The normalized spacial score (nSPS) is 10.4. The van der Waals surface area contributed by atoms with Crippen LogP contribution < -0.4 is 5.32 Å². The van der Waals surface area contributed by atoms with Gasteiger partial charge >= 0.3 is 0 Å². The van der Waals surface area contributed by atoms with E-state index in [4.69, 9.17) is 0 Å². The Bertz CT molecular complexity index is 515. The molecule has 0 unspecified atom stereocenters. The third kappa shape index (κ3) is 3.59. The molecular weight excluding hydrogens is 222 g/mol. The molecule has 18 heavy (non-hydrogen) atoms. The van der Waals surface area contributed by atoms with E-state index in [2.05, 4.69) is 29.6 Å². The van der Waals surface area contributed by atoms with Crippen molar-refractivity contribution in [2.45, 2.75) is 6.54 Å². The van der Waals surface area contributed by atoms with Crippen LogP contribution in [0, 0.1) is 0 Å². The van der Waals surface area contributed by atoms with E-state index < -0.39 is 0 Å². The molecule has 0 radical (unpaired) electrons. The van der Waals surface area contributed by atoms with E-state index in [1.807, 2.05) is 42.5 Å². The zero-order valence-corrected chi connectivity index (χ0v) is 10.0. The second-order valence-electron chi connectivity index (χ2n) is 3.98. The molecule has 1 amide bonds. The van der Waals surface area contributed by atoms with Gasteiger partial charge < -0.3 is 5.32 Å². The topological polar surface area (TPSA) is 29.1 Å². The van der Waals surface area contributed by atoms with E-state index in [0.29, 0.717) is 13.0 Å². The number of rotatable bonds is 5. The van der Waals surface area contributed by atoms with Crippen LogP contribution in [0.25, 0.3) is 12.2 Å². The predicted octanol–water partition coefficient (Wildman–Crippen LogP) is 3.10. The molecule has 2 rings (SSSR count). The molecule has 0 atom stereocenters. The molecule has 0 aliphatic heterocycles. The first-order valence-corrected chi connectivity index (χ1v) is 5.87. The van der Waals surface area contributed by atoms with Crippen LogP contribution in [-0.4, -0.2) is 6.41 Å². The Morgan fingerprint density at radius 1 is 0.833 bits per heavy atom. The van der Waals surface area contributed by atoms with Crippen LogP contribution in [0.2, 0.25) is 0 Å². The van der Waals surface area contributed by atoms with Gasteiger partial charge in [-0.3, -0.25) is 4.79 Å². The molecule has 1 N–H and O–H groups in total. The molecule has 0 spiro atoms. The third-order valence-corrected chi connectivity index (χ3v) is 2.64. The van der Waals surface area contributed by atoms with Crippen LogP contribution in [0.5, 0.6) is 0 Å². The summed E-state index contributed by atoms with van der Waals surface area (Å²) < 4.78 is 0. The molecule has 0 aromatic heterocycles. The summed E-state index contributed by atoms with van der Waals surface area (Å²) in [5, 5.41) is 2.64. The summed E-state index contributed by atoms with van der Waals surface area (Å²) in [4.78, 5) is 10.2. The molecule has 0 fully saturated rings. The quantitative estimate of drug-likeness (QED) is 0.628. The lowest BCUT2D eigenvalue weighted by Crippen LogP contribution is -2.09. The van der Waals surface area contributed by atoms with E-state index in [-0.39, 0.29) is 0 Å². The summed E-state index contributed by atoms with van der Waals surface area (Å²) in [6.07, 6.45) is 4.87. The number of hydrogen-bond acceptors (Lipinski definition) is 1. The molecule has 0 heterocycles.